The number of aryl methyl sites for hydroxylation is 1. The summed E-state index contributed by atoms with van der Waals surface area (Å²) in [5.41, 5.74) is 1.63. The minimum atomic E-state index is -0.501. The van der Waals surface area contributed by atoms with Crippen molar-refractivity contribution in [3.63, 3.8) is 0 Å². The molecule has 1 N–H and O–H groups in total. The van der Waals surface area contributed by atoms with Crippen LogP contribution < -0.4 is 5.32 Å². The molecule has 2 aromatic heterocycles. The number of anilines is 1. The van der Waals surface area contributed by atoms with Gasteiger partial charge in [-0.25, -0.2) is 4.39 Å². The minimum Gasteiger partial charge on any atom is -0.306 e. The van der Waals surface area contributed by atoms with Gasteiger partial charge in [-0.1, -0.05) is 23.7 Å². The highest BCUT2D eigenvalue weighted by molar-refractivity contribution is 6.33. The summed E-state index contributed by atoms with van der Waals surface area (Å²) in [7, 11) is 0. The first-order valence-electron chi connectivity index (χ1n) is 7.72. The Morgan fingerprint density at radius 2 is 2.20 bits per heavy atom. The molecule has 2 heterocycles. The van der Waals surface area contributed by atoms with Crippen molar-refractivity contribution in [1.29, 1.82) is 0 Å². The first kappa shape index (κ1) is 17.2. The second-order valence-electron chi connectivity index (χ2n) is 5.74. The highest BCUT2D eigenvalue weighted by Gasteiger charge is 2.19. The first-order chi connectivity index (χ1) is 11.9. The summed E-state index contributed by atoms with van der Waals surface area (Å²) in [6.45, 7) is 3.96. The molecule has 0 aliphatic rings. The molecule has 0 aliphatic carbocycles. The standard InChI is InChI=1S/C17H17ClFN5O/c1-11-6-7-20-24(11)12(2)17(25)21-16-15(18)10-23(22-16)9-13-4-3-5-14(19)8-13/h3-8,10,12H,9H2,1-2H3,(H,21,22,25). The van der Waals surface area contributed by atoms with Gasteiger partial charge in [-0.3, -0.25) is 14.2 Å². The average molecular weight is 362 g/mol. The van der Waals surface area contributed by atoms with Gasteiger partial charge in [-0.05, 0) is 37.6 Å². The molecule has 0 saturated carbocycles. The van der Waals surface area contributed by atoms with Gasteiger partial charge < -0.3 is 5.32 Å². The SMILES string of the molecule is Cc1ccnn1C(C)C(=O)Nc1nn(Cc2cccc(F)c2)cc1Cl. The lowest BCUT2D eigenvalue weighted by molar-refractivity contribution is -0.119. The minimum absolute atomic E-state index is 0.264. The Morgan fingerprint density at radius 1 is 1.40 bits per heavy atom. The number of aromatic nitrogens is 4. The zero-order valence-electron chi connectivity index (χ0n) is 13.8. The molecule has 130 valence electrons. The lowest BCUT2D eigenvalue weighted by Gasteiger charge is -2.13. The maximum atomic E-state index is 13.3. The Balaban J connectivity index is 1.72. The summed E-state index contributed by atoms with van der Waals surface area (Å²) in [6.07, 6.45) is 3.23. The molecule has 1 aromatic carbocycles. The largest absolute Gasteiger partial charge is 0.306 e. The van der Waals surface area contributed by atoms with Crippen molar-refractivity contribution in [1.82, 2.24) is 19.6 Å². The van der Waals surface area contributed by atoms with Crippen LogP contribution in [0.25, 0.3) is 0 Å². The Kier molecular flexibility index (Phi) is 4.85. The molecule has 1 unspecified atom stereocenters. The Hall–Kier alpha value is -2.67. The number of hydrogen-bond acceptors (Lipinski definition) is 3. The number of nitrogens with zero attached hydrogens (tertiary/aromatic N) is 4. The van der Waals surface area contributed by atoms with Crippen molar-refractivity contribution in [2.45, 2.75) is 26.4 Å². The van der Waals surface area contributed by atoms with Gasteiger partial charge in [0.05, 0.1) is 6.54 Å². The van der Waals surface area contributed by atoms with Crippen molar-refractivity contribution < 1.29 is 9.18 Å². The Morgan fingerprint density at radius 3 is 2.88 bits per heavy atom. The van der Waals surface area contributed by atoms with Gasteiger partial charge in [-0.2, -0.15) is 10.2 Å². The van der Waals surface area contributed by atoms with Gasteiger partial charge in [0.25, 0.3) is 0 Å². The van der Waals surface area contributed by atoms with E-state index in [1.54, 1.807) is 40.8 Å². The summed E-state index contributed by atoms with van der Waals surface area (Å²) in [5.74, 6) is -0.322. The zero-order valence-corrected chi connectivity index (χ0v) is 14.5. The molecule has 1 amide bonds. The second kappa shape index (κ2) is 7.06. The fourth-order valence-corrected chi connectivity index (χ4v) is 2.70. The first-order valence-corrected chi connectivity index (χ1v) is 8.10. The van der Waals surface area contributed by atoms with Gasteiger partial charge >= 0.3 is 0 Å². The number of halogens is 2. The van der Waals surface area contributed by atoms with E-state index >= 15 is 0 Å². The summed E-state index contributed by atoms with van der Waals surface area (Å²) in [6, 6.07) is 7.55. The van der Waals surface area contributed by atoms with E-state index in [-0.39, 0.29) is 17.5 Å². The van der Waals surface area contributed by atoms with Gasteiger partial charge in [0.15, 0.2) is 5.82 Å². The van der Waals surface area contributed by atoms with Gasteiger partial charge in [0, 0.05) is 18.1 Å². The van der Waals surface area contributed by atoms with E-state index in [2.05, 4.69) is 15.5 Å². The molecule has 8 heteroatoms. The summed E-state index contributed by atoms with van der Waals surface area (Å²) >= 11 is 6.15. The average Bonchev–Trinajstić information content (AvgIpc) is 3.12. The van der Waals surface area contributed by atoms with Crippen LogP contribution in [0.4, 0.5) is 10.2 Å². The van der Waals surface area contributed by atoms with E-state index in [0.29, 0.717) is 11.6 Å². The number of nitrogens with one attached hydrogen (secondary N) is 1. The molecule has 0 saturated heterocycles. The third-order valence-corrected chi connectivity index (χ3v) is 4.08. The zero-order chi connectivity index (χ0) is 18.0. The van der Waals surface area contributed by atoms with Crippen LogP contribution in [-0.4, -0.2) is 25.5 Å². The van der Waals surface area contributed by atoms with Crippen molar-refractivity contribution in [3.05, 3.63) is 64.8 Å². The normalized spacial score (nSPS) is 12.2. The maximum absolute atomic E-state index is 13.3. The van der Waals surface area contributed by atoms with Crippen LogP contribution in [0.5, 0.6) is 0 Å². The highest BCUT2D eigenvalue weighted by Crippen LogP contribution is 2.21. The molecule has 0 radical (unpaired) electrons. The molecule has 0 aliphatic heterocycles. The fraction of sp³-hybridized carbons (Fsp3) is 0.235. The van der Waals surface area contributed by atoms with Gasteiger partial charge in [0.2, 0.25) is 5.91 Å². The van der Waals surface area contributed by atoms with Crippen LogP contribution in [0, 0.1) is 12.7 Å². The molecule has 3 rings (SSSR count). The van der Waals surface area contributed by atoms with Crippen molar-refractivity contribution in [3.8, 4) is 0 Å². The molecule has 0 fully saturated rings. The number of rotatable bonds is 5. The molecular weight excluding hydrogens is 345 g/mol. The number of carbonyl (C=O) groups is 1. The van der Waals surface area contributed by atoms with E-state index in [1.807, 2.05) is 13.0 Å². The van der Waals surface area contributed by atoms with E-state index < -0.39 is 6.04 Å². The van der Waals surface area contributed by atoms with Gasteiger partial charge in [-0.15, -0.1) is 0 Å². The van der Waals surface area contributed by atoms with E-state index in [0.717, 1.165) is 11.3 Å². The molecule has 6 nitrogen and oxygen atoms in total. The molecular formula is C17H17ClFN5O. The Labute approximate surface area is 149 Å². The third kappa shape index (κ3) is 3.88. The smallest absolute Gasteiger partial charge is 0.250 e. The van der Waals surface area contributed by atoms with Crippen LogP contribution in [0.15, 0.2) is 42.7 Å². The highest BCUT2D eigenvalue weighted by atomic mass is 35.5. The molecule has 1 atom stereocenters. The molecule has 0 spiro atoms. The number of amides is 1. The van der Waals surface area contributed by atoms with E-state index in [9.17, 15) is 9.18 Å². The molecule has 25 heavy (non-hydrogen) atoms. The number of carbonyl (C=O) groups excluding carboxylic acids is 1. The predicted octanol–water partition coefficient (Wildman–Crippen LogP) is 3.43. The van der Waals surface area contributed by atoms with Crippen molar-refractivity contribution in [2.75, 3.05) is 5.32 Å². The summed E-state index contributed by atoms with van der Waals surface area (Å²) < 4.78 is 16.4. The van der Waals surface area contributed by atoms with Crippen molar-refractivity contribution >= 4 is 23.3 Å². The topological polar surface area (TPSA) is 64.7 Å². The lowest BCUT2D eigenvalue weighted by Crippen LogP contribution is -2.25. The van der Waals surface area contributed by atoms with E-state index in [1.165, 1.54) is 12.1 Å². The monoisotopic (exact) mass is 361 g/mol. The lowest BCUT2D eigenvalue weighted by atomic mass is 10.2. The fourth-order valence-electron chi connectivity index (χ4n) is 2.50. The Bertz CT molecular complexity index is 904. The molecule has 3 aromatic rings. The number of benzene rings is 1. The van der Waals surface area contributed by atoms with Crippen molar-refractivity contribution in [2.24, 2.45) is 0 Å². The van der Waals surface area contributed by atoms with Crippen LogP contribution in [0.2, 0.25) is 5.02 Å². The van der Waals surface area contributed by atoms with E-state index in [4.69, 9.17) is 11.6 Å². The van der Waals surface area contributed by atoms with Crippen LogP contribution in [-0.2, 0) is 11.3 Å². The van der Waals surface area contributed by atoms with Gasteiger partial charge in [0.1, 0.15) is 16.9 Å². The quantitative estimate of drug-likeness (QED) is 0.757. The van der Waals surface area contributed by atoms with Crippen LogP contribution in [0.1, 0.15) is 24.2 Å². The van der Waals surface area contributed by atoms with Crippen LogP contribution in [0.3, 0.4) is 0 Å². The second-order valence-corrected chi connectivity index (χ2v) is 6.14. The predicted molar refractivity (Wildman–Crippen MR) is 93.0 cm³/mol. The number of hydrogen-bond donors (Lipinski definition) is 1. The van der Waals surface area contributed by atoms with Crippen LogP contribution >= 0.6 is 11.6 Å². The summed E-state index contributed by atoms with van der Waals surface area (Å²) in [5, 5.41) is 11.4. The summed E-state index contributed by atoms with van der Waals surface area (Å²) in [4.78, 5) is 12.4. The molecule has 0 bridgehead atoms. The maximum Gasteiger partial charge on any atom is 0.250 e. The third-order valence-electron chi connectivity index (χ3n) is 3.81.